The summed E-state index contributed by atoms with van der Waals surface area (Å²) >= 11 is 5.98. The summed E-state index contributed by atoms with van der Waals surface area (Å²) in [5.74, 6) is 2.72. The van der Waals surface area contributed by atoms with Crippen molar-refractivity contribution in [3.8, 4) is 0 Å². The molecule has 1 aliphatic heterocycles. The molecule has 1 fully saturated rings. The Morgan fingerprint density at radius 3 is 3.11 bits per heavy atom. The van der Waals surface area contributed by atoms with Gasteiger partial charge in [0.15, 0.2) is 0 Å². The summed E-state index contributed by atoms with van der Waals surface area (Å²) in [4.78, 5) is 4.43. The number of hydrogen-bond donors (Lipinski definition) is 1. The van der Waals surface area contributed by atoms with Crippen LogP contribution in [-0.2, 0) is 6.42 Å². The Labute approximate surface area is 114 Å². The van der Waals surface area contributed by atoms with Crippen LogP contribution in [0.1, 0.15) is 44.6 Å². The van der Waals surface area contributed by atoms with Crippen LogP contribution in [0.5, 0.6) is 0 Å². The minimum atomic E-state index is 0.598. The molecule has 18 heavy (non-hydrogen) atoms. The summed E-state index contributed by atoms with van der Waals surface area (Å²) in [6, 6.07) is 4.68. The molecule has 1 aromatic rings. The van der Waals surface area contributed by atoms with Crippen LogP contribution in [0.25, 0.3) is 0 Å². The molecule has 2 heterocycles. The van der Waals surface area contributed by atoms with Crippen molar-refractivity contribution in [1.82, 2.24) is 4.98 Å². The Hall–Kier alpha value is -0.760. The number of nitrogens with one attached hydrogen (secondary N) is 1. The third-order valence-electron chi connectivity index (χ3n) is 4.59. The number of rotatable bonds is 2. The van der Waals surface area contributed by atoms with E-state index in [1.54, 1.807) is 0 Å². The van der Waals surface area contributed by atoms with Gasteiger partial charge in [-0.15, -0.1) is 0 Å². The SMILES string of the molecule is CCCC1CCCC2Nc3nc(Cl)ccc3CC12. The summed E-state index contributed by atoms with van der Waals surface area (Å²) in [5, 5.41) is 4.23. The molecule has 1 aromatic heterocycles. The highest BCUT2D eigenvalue weighted by Crippen LogP contribution is 2.41. The van der Waals surface area contributed by atoms with Gasteiger partial charge in [0, 0.05) is 6.04 Å². The second-order valence-corrected chi connectivity index (χ2v) is 6.13. The predicted molar refractivity (Wildman–Crippen MR) is 76.1 cm³/mol. The number of anilines is 1. The molecule has 0 bridgehead atoms. The maximum absolute atomic E-state index is 5.98. The van der Waals surface area contributed by atoms with E-state index in [4.69, 9.17) is 11.6 Å². The van der Waals surface area contributed by atoms with Gasteiger partial charge in [-0.05, 0) is 36.3 Å². The molecule has 1 N–H and O–H groups in total. The third-order valence-corrected chi connectivity index (χ3v) is 4.80. The van der Waals surface area contributed by atoms with Crippen LogP contribution >= 0.6 is 11.6 Å². The Bertz CT molecular complexity index is 431. The van der Waals surface area contributed by atoms with Gasteiger partial charge in [-0.1, -0.05) is 50.3 Å². The van der Waals surface area contributed by atoms with Gasteiger partial charge in [0.2, 0.25) is 0 Å². The molecule has 3 unspecified atom stereocenters. The molecular formula is C15H21ClN2. The predicted octanol–water partition coefficient (Wildman–Crippen LogP) is 4.29. The van der Waals surface area contributed by atoms with Gasteiger partial charge in [-0.2, -0.15) is 0 Å². The van der Waals surface area contributed by atoms with Crippen molar-refractivity contribution >= 4 is 17.4 Å². The first-order valence-corrected chi connectivity index (χ1v) is 7.57. The average Bonchev–Trinajstić information content (AvgIpc) is 2.37. The fourth-order valence-corrected chi connectivity index (χ4v) is 3.90. The molecule has 3 heteroatoms. The number of aromatic nitrogens is 1. The number of halogens is 1. The lowest BCUT2D eigenvalue weighted by Crippen LogP contribution is -2.42. The van der Waals surface area contributed by atoms with Crippen molar-refractivity contribution in [3.05, 3.63) is 22.8 Å². The van der Waals surface area contributed by atoms with Crippen LogP contribution in [0.4, 0.5) is 5.82 Å². The lowest BCUT2D eigenvalue weighted by Gasteiger charge is -2.42. The zero-order chi connectivity index (χ0) is 12.5. The van der Waals surface area contributed by atoms with Gasteiger partial charge in [-0.25, -0.2) is 4.98 Å². The fourth-order valence-electron chi connectivity index (χ4n) is 3.76. The highest BCUT2D eigenvalue weighted by molar-refractivity contribution is 6.29. The molecule has 0 amide bonds. The summed E-state index contributed by atoms with van der Waals surface area (Å²) < 4.78 is 0. The fraction of sp³-hybridized carbons (Fsp3) is 0.667. The molecule has 3 atom stereocenters. The van der Waals surface area contributed by atoms with Gasteiger partial charge in [-0.3, -0.25) is 0 Å². The first kappa shape index (κ1) is 12.3. The Balaban J connectivity index is 1.85. The lowest BCUT2D eigenvalue weighted by atomic mass is 9.70. The Morgan fingerprint density at radius 1 is 1.39 bits per heavy atom. The minimum Gasteiger partial charge on any atom is -0.367 e. The molecular weight excluding hydrogens is 244 g/mol. The van der Waals surface area contributed by atoms with E-state index in [0.717, 1.165) is 17.7 Å². The summed E-state index contributed by atoms with van der Waals surface area (Å²) in [7, 11) is 0. The van der Waals surface area contributed by atoms with Crippen LogP contribution in [0.15, 0.2) is 12.1 Å². The van der Waals surface area contributed by atoms with Crippen molar-refractivity contribution in [1.29, 1.82) is 0 Å². The van der Waals surface area contributed by atoms with Crippen LogP contribution < -0.4 is 5.32 Å². The van der Waals surface area contributed by atoms with Gasteiger partial charge in [0.1, 0.15) is 11.0 Å². The number of hydrogen-bond acceptors (Lipinski definition) is 2. The van der Waals surface area contributed by atoms with Crippen molar-refractivity contribution in [2.45, 2.75) is 51.5 Å². The van der Waals surface area contributed by atoms with Crippen molar-refractivity contribution in [3.63, 3.8) is 0 Å². The molecule has 3 rings (SSSR count). The minimum absolute atomic E-state index is 0.598. The summed E-state index contributed by atoms with van der Waals surface area (Å²) in [6.45, 7) is 2.30. The molecule has 0 spiro atoms. The Kier molecular flexibility index (Phi) is 3.47. The quantitative estimate of drug-likeness (QED) is 0.806. The van der Waals surface area contributed by atoms with E-state index >= 15 is 0 Å². The zero-order valence-electron chi connectivity index (χ0n) is 11.0. The molecule has 0 aromatic carbocycles. The lowest BCUT2D eigenvalue weighted by molar-refractivity contribution is 0.196. The number of nitrogens with zero attached hydrogens (tertiary/aromatic N) is 1. The zero-order valence-corrected chi connectivity index (χ0v) is 11.7. The van der Waals surface area contributed by atoms with E-state index in [2.05, 4.69) is 23.3 Å². The highest BCUT2D eigenvalue weighted by atomic mass is 35.5. The largest absolute Gasteiger partial charge is 0.367 e. The molecule has 98 valence electrons. The van der Waals surface area contributed by atoms with E-state index < -0.39 is 0 Å². The van der Waals surface area contributed by atoms with E-state index in [1.165, 1.54) is 44.1 Å². The van der Waals surface area contributed by atoms with Gasteiger partial charge in [0.05, 0.1) is 0 Å². The van der Waals surface area contributed by atoms with E-state index in [1.807, 2.05) is 6.07 Å². The Morgan fingerprint density at radius 2 is 2.28 bits per heavy atom. The van der Waals surface area contributed by atoms with E-state index in [0.29, 0.717) is 11.2 Å². The highest BCUT2D eigenvalue weighted by Gasteiger charge is 2.36. The van der Waals surface area contributed by atoms with Crippen molar-refractivity contribution in [2.24, 2.45) is 11.8 Å². The van der Waals surface area contributed by atoms with Crippen LogP contribution in [0.3, 0.4) is 0 Å². The van der Waals surface area contributed by atoms with Crippen LogP contribution in [0.2, 0.25) is 5.15 Å². The molecule has 1 aliphatic carbocycles. The molecule has 0 radical (unpaired) electrons. The maximum atomic E-state index is 5.98. The average molecular weight is 265 g/mol. The molecule has 0 saturated heterocycles. The maximum Gasteiger partial charge on any atom is 0.131 e. The standard InChI is InChI=1S/C15H21ClN2/c1-2-4-10-5-3-6-13-12(10)9-11-7-8-14(16)18-15(11)17-13/h7-8,10,12-13H,2-6,9H2,1H3,(H,17,18). The van der Waals surface area contributed by atoms with E-state index in [9.17, 15) is 0 Å². The number of fused-ring (bicyclic) bond motifs is 2. The summed E-state index contributed by atoms with van der Waals surface area (Å²) in [6.07, 6.45) is 7.92. The van der Waals surface area contributed by atoms with Gasteiger partial charge >= 0.3 is 0 Å². The first-order chi connectivity index (χ1) is 8.78. The second kappa shape index (κ2) is 5.08. The van der Waals surface area contributed by atoms with Crippen molar-refractivity contribution < 1.29 is 0 Å². The number of pyridine rings is 1. The topological polar surface area (TPSA) is 24.9 Å². The van der Waals surface area contributed by atoms with Crippen LogP contribution in [0, 0.1) is 11.8 Å². The third kappa shape index (κ3) is 2.23. The normalized spacial score (nSPS) is 30.2. The van der Waals surface area contributed by atoms with Gasteiger partial charge < -0.3 is 5.32 Å². The first-order valence-electron chi connectivity index (χ1n) is 7.20. The van der Waals surface area contributed by atoms with Gasteiger partial charge in [0.25, 0.3) is 0 Å². The molecule has 2 nitrogen and oxygen atoms in total. The summed E-state index contributed by atoms with van der Waals surface area (Å²) in [5.41, 5.74) is 1.35. The smallest absolute Gasteiger partial charge is 0.131 e. The van der Waals surface area contributed by atoms with Crippen LogP contribution in [-0.4, -0.2) is 11.0 Å². The second-order valence-electron chi connectivity index (χ2n) is 5.74. The van der Waals surface area contributed by atoms with E-state index in [-0.39, 0.29) is 0 Å². The monoisotopic (exact) mass is 264 g/mol. The molecule has 1 saturated carbocycles. The van der Waals surface area contributed by atoms with Crippen molar-refractivity contribution in [2.75, 3.05) is 5.32 Å². The molecule has 2 aliphatic rings.